The first kappa shape index (κ1) is 17.7. The number of rotatable bonds is 5. The minimum Gasteiger partial charge on any atom is -0.497 e. The molecule has 2 aromatic carbocycles. The van der Waals surface area contributed by atoms with Crippen LogP contribution in [0.25, 0.3) is 0 Å². The molecule has 0 fully saturated rings. The van der Waals surface area contributed by atoms with Crippen molar-refractivity contribution in [2.75, 3.05) is 14.2 Å². The van der Waals surface area contributed by atoms with Crippen molar-refractivity contribution < 1.29 is 14.3 Å². The van der Waals surface area contributed by atoms with Crippen LogP contribution in [-0.2, 0) is 0 Å². The molecule has 0 saturated heterocycles. The van der Waals surface area contributed by atoms with E-state index >= 15 is 0 Å². The first-order valence-corrected chi connectivity index (χ1v) is 7.88. The molecule has 2 rings (SSSR count). The van der Waals surface area contributed by atoms with Crippen LogP contribution in [0.2, 0.25) is 0 Å². The fourth-order valence-corrected chi connectivity index (χ4v) is 2.42. The fraction of sp³-hybridized carbons (Fsp3) is 0.300. The third-order valence-corrected chi connectivity index (χ3v) is 4.41. The Morgan fingerprint density at radius 1 is 0.958 bits per heavy atom. The summed E-state index contributed by atoms with van der Waals surface area (Å²) in [5.74, 6) is 0.429. The van der Waals surface area contributed by atoms with Crippen molar-refractivity contribution in [2.24, 2.45) is 0 Å². The van der Waals surface area contributed by atoms with Crippen LogP contribution in [-0.4, -0.2) is 36.8 Å². The van der Waals surface area contributed by atoms with E-state index < -0.39 is 6.04 Å². The average Bonchev–Trinajstić information content (AvgIpc) is 2.61. The Hall–Kier alpha value is -2.62. The molecule has 0 spiro atoms. The summed E-state index contributed by atoms with van der Waals surface area (Å²) < 4.78 is 5.09. The number of ether oxygens (including phenoxy) is 1. The van der Waals surface area contributed by atoms with Gasteiger partial charge in [0, 0.05) is 18.2 Å². The summed E-state index contributed by atoms with van der Waals surface area (Å²) in [6, 6.07) is 11.9. The molecule has 2 aromatic rings. The van der Waals surface area contributed by atoms with Gasteiger partial charge in [-0.3, -0.25) is 9.59 Å². The molecule has 0 saturated carbocycles. The maximum Gasteiger partial charge on any atom is 0.254 e. The molecule has 1 unspecified atom stereocenters. The number of likely N-dealkylation sites (N-methyl/N-ethyl adjacent to an activating group) is 1. The highest BCUT2D eigenvalue weighted by atomic mass is 16.5. The number of hydrogen-bond donors (Lipinski definition) is 0. The lowest BCUT2D eigenvalue weighted by Crippen LogP contribution is -2.40. The van der Waals surface area contributed by atoms with E-state index in [1.807, 2.05) is 32.0 Å². The molecule has 0 heterocycles. The van der Waals surface area contributed by atoms with E-state index in [-0.39, 0.29) is 11.7 Å². The highest BCUT2D eigenvalue weighted by Gasteiger charge is 2.24. The summed E-state index contributed by atoms with van der Waals surface area (Å²) >= 11 is 0. The van der Waals surface area contributed by atoms with Crippen LogP contribution in [0, 0.1) is 13.8 Å². The van der Waals surface area contributed by atoms with Gasteiger partial charge >= 0.3 is 0 Å². The molecular formula is C20H23NO3. The molecule has 0 radical (unpaired) electrons. The molecule has 0 N–H and O–H groups in total. The lowest BCUT2D eigenvalue weighted by Gasteiger charge is -2.24. The van der Waals surface area contributed by atoms with Gasteiger partial charge in [0.05, 0.1) is 13.2 Å². The standard InChI is InChI=1S/C20H23NO3/c1-13-6-7-17(12-14(13)2)19(22)15(3)21(4)20(23)16-8-10-18(24-5)11-9-16/h6-12,15H,1-5H3. The Morgan fingerprint density at radius 2 is 1.54 bits per heavy atom. The highest BCUT2D eigenvalue weighted by molar-refractivity contribution is 6.04. The zero-order chi connectivity index (χ0) is 17.9. The van der Waals surface area contributed by atoms with Crippen LogP contribution >= 0.6 is 0 Å². The minimum absolute atomic E-state index is 0.0672. The Balaban J connectivity index is 2.17. The Morgan fingerprint density at radius 3 is 2.08 bits per heavy atom. The van der Waals surface area contributed by atoms with Gasteiger partial charge in [0.15, 0.2) is 5.78 Å². The van der Waals surface area contributed by atoms with E-state index in [4.69, 9.17) is 4.74 Å². The average molecular weight is 325 g/mol. The smallest absolute Gasteiger partial charge is 0.254 e. The zero-order valence-electron chi connectivity index (χ0n) is 14.8. The summed E-state index contributed by atoms with van der Waals surface area (Å²) in [7, 11) is 3.23. The predicted octanol–water partition coefficient (Wildman–Crippen LogP) is 3.66. The SMILES string of the molecule is COc1ccc(C(=O)N(C)C(C)C(=O)c2ccc(C)c(C)c2)cc1. The van der Waals surface area contributed by atoms with E-state index in [0.717, 1.165) is 11.1 Å². The van der Waals surface area contributed by atoms with Crippen LogP contribution in [0.15, 0.2) is 42.5 Å². The number of carbonyl (C=O) groups excluding carboxylic acids is 2. The lowest BCUT2D eigenvalue weighted by molar-refractivity contribution is 0.0675. The van der Waals surface area contributed by atoms with Gasteiger partial charge in [-0.25, -0.2) is 0 Å². The topological polar surface area (TPSA) is 46.6 Å². The molecule has 24 heavy (non-hydrogen) atoms. The monoisotopic (exact) mass is 325 g/mol. The second kappa shape index (κ2) is 7.30. The van der Waals surface area contributed by atoms with Crippen molar-refractivity contribution in [3.05, 3.63) is 64.7 Å². The van der Waals surface area contributed by atoms with Crippen LogP contribution in [0.4, 0.5) is 0 Å². The largest absolute Gasteiger partial charge is 0.497 e. The van der Waals surface area contributed by atoms with Gasteiger partial charge in [0.2, 0.25) is 0 Å². The second-order valence-electron chi connectivity index (χ2n) is 5.98. The quantitative estimate of drug-likeness (QED) is 0.788. The van der Waals surface area contributed by atoms with Crippen LogP contribution in [0.1, 0.15) is 38.8 Å². The van der Waals surface area contributed by atoms with Crippen molar-refractivity contribution in [2.45, 2.75) is 26.8 Å². The number of carbonyl (C=O) groups is 2. The van der Waals surface area contributed by atoms with Crippen molar-refractivity contribution in [3.8, 4) is 5.75 Å². The maximum absolute atomic E-state index is 12.7. The number of ketones is 1. The number of hydrogen-bond acceptors (Lipinski definition) is 3. The molecule has 4 nitrogen and oxygen atoms in total. The maximum atomic E-state index is 12.7. The predicted molar refractivity (Wildman–Crippen MR) is 94.8 cm³/mol. The van der Waals surface area contributed by atoms with Crippen molar-refractivity contribution in [3.63, 3.8) is 0 Å². The van der Waals surface area contributed by atoms with E-state index in [1.165, 1.54) is 4.90 Å². The van der Waals surface area contributed by atoms with Gasteiger partial charge in [-0.2, -0.15) is 0 Å². The molecule has 1 atom stereocenters. The Bertz CT molecular complexity index is 750. The normalized spacial score (nSPS) is 11.7. The zero-order valence-corrected chi connectivity index (χ0v) is 14.8. The van der Waals surface area contributed by atoms with E-state index in [9.17, 15) is 9.59 Å². The number of Topliss-reactive ketones (excluding diaryl/α,β-unsaturated/α-hetero) is 1. The number of amides is 1. The summed E-state index contributed by atoms with van der Waals surface area (Å²) in [5.41, 5.74) is 3.36. The van der Waals surface area contributed by atoms with Crippen molar-refractivity contribution in [1.82, 2.24) is 4.90 Å². The number of aryl methyl sites for hydroxylation is 2. The van der Waals surface area contributed by atoms with E-state index in [1.54, 1.807) is 45.3 Å². The van der Waals surface area contributed by atoms with Crippen LogP contribution < -0.4 is 4.74 Å². The van der Waals surface area contributed by atoms with E-state index in [0.29, 0.717) is 16.9 Å². The summed E-state index contributed by atoms with van der Waals surface area (Å²) in [6.07, 6.45) is 0. The van der Waals surface area contributed by atoms with Crippen LogP contribution in [0.3, 0.4) is 0 Å². The third-order valence-electron chi connectivity index (χ3n) is 4.41. The first-order chi connectivity index (χ1) is 11.3. The van der Waals surface area contributed by atoms with Crippen molar-refractivity contribution in [1.29, 1.82) is 0 Å². The molecular weight excluding hydrogens is 302 g/mol. The Kier molecular flexibility index (Phi) is 5.39. The third kappa shape index (κ3) is 3.65. The number of methoxy groups -OCH3 is 1. The number of nitrogens with zero attached hydrogens (tertiary/aromatic N) is 1. The van der Waals surface area contributed by atoms with Gasteiger partial charge in [-0.05, 0) is 62.2 Å². The highest BCUT2D eigenvalue weighted by Crippen LogP contribution is 2.17. The summed E-state index contributed by atoms with van der Waals surface area (Å²) in [4.78, 5) is 26.7. The van der Waals surface area contributed by atoms with Gasteiger partial charge < -0.3 is 9.64 Å². The minimum atomic E-state index is -0.540. The first-order valence-electron chi connectivity index (χ1n) is 7.88. The van der Waals surface area contributed by atoms with Crippen LogP contribution in [0.5, 0.6) is 5.75 Å². The molecule has 0 aliphatic heterocycles. The van der Waals surface area contributed by atoms with E-state index in [2.05, 4.69) is 0 Å². The summed E-state index contributed by atoms with van der Waals surface area (Å²) in [5, 5.41) is 0. The molecule has 4 heteroatoms. The fourth-order valence-electron chi connectivity index (χ4n) is 2.42. The molecule has 0 aliphatic rings. The van der Waals surface area contributed by atoms with Gasteiger partial charge in [-0.15, -0.1) is 0 Å². The second-order valence-corrected chi connectivity index (χ2v) is 5.98. The Labute approximate surface area is 143 Å². The van der Waals surface area contributed by atoms with Gasteiger partial charge in [0.25, 0.3) is 5.91 Å². The lowest BCUT2D eigenvalue weighted by atomic mass is 9.99. The molecule has 0 aliphatic carbocycles. The molecule has 0 bridgehead atoms. The summed E-state index contributed by atoms with van der Waals surface area (Å²) in [6.45, 7) is 5.73. The molecule has 1 amide bonds. The molecule has 0 aromatic heterocycles. The number of benzene rings is 2. The molecule has 126 valence electrons. The van der Waals surface area contributed by atoms with Crippen molar-refractivity contribution >= 4 is 11.7 Å². The van der Waals surface area contributed by atoms with Gasteiger partial charge in [-0.1, -0.05) is 12.1 Å². The van der Waals surface area contributed by atoms with Gasteiger partial charge in [0.1, 0.15) is 5.75 Å².